The normalized spacial score (nSPS) is 16.5. The molecule has 0 saturated heterocycles. The summed E-state index contributed by atoms with van der Waals surface area (Å²) >= 11 is 0. The highest BCUT2D eigenvalue weighted by Crippen LogP contribution is 2.31. The van der Waals surface area contributed by atoms with Crippen LogP contribution in [0.2, 0.25) is 0 Å². The smallest absolute Gasteiger partial charge is 0.250 e. The van der Waals surface area contributed by atoms with Crippen LogP contribution in [0, 0.1) is 0 Å². The summed E-state index contributed by atoms with van der Waals surface area (Å²) < 4.78 is 0. The highest BCUT2D eigenvalue weighted by atomic mass is 16.2. The first-order valence-electron chi connectivity index (χ1n) is 7.12. The molecule has 1 aliphatic heterocycles. The number of aromatic nitrogens is 3. The predicted octanol–water partition coefficient (Wildman–Crippen LogP) is 1.21. The molecule has 0 aliphatic carbocycles. The van der Waals surface area contributed by atoms with Gasteiger partial charge in [0, 0.05) is 18.7 Å². The lowest BCUT2D eigenvalue weighted by Crippen LogP contribution is -2.38. The Morgan fingerprint density at radius 3 is 2.91 bits per heavy atom. The van der Waals surface area contributed by atoms with E-state index in [4.69, 9.17) is 0 Å². The van der Waals surface area contributed by atoms with Gasteiger partial charge in [-0.05, 0) is 25.0 Å². The van der Waals surface area contributed by atoms with Crippen molar-refractivity contribution in [3.05, 3.63) is 36.0 Å². The van der Waals surface area contributed by atoms with E-state index in [1.54, 1.807) is 4.90 Å². The topological polar surface area (TPSA) is 80.1 Å². The van der Waals surface area contributed by atoms with E-state index in [-0.39, 0.29) is 24.4 Å². The van der Waals surface area contributed by atoms with Crippen LogP contribution in [0.4, 0.5) is 11.5 Å². The number of anilines is 2. The Labute approximate surface area is 127 Å². The quantitative estimate of drug-likeness (QED) is 0.924. The summed E-state index contributed by atoms with van der Waals surface area (Å²) in [7, 11) is 0. The van der Waals surface area contributed by atoms with Crippen molar-refractivity contribution >= 4 is 23.3 Å². The van der Waals surface area contributed by atoms with Crippen LogP contribution in [0.25, 0.3) is 0 Å². The summed E-state index contributed by atoms with van der Waals surface area (Å²) in [6.45, 7) is 3.46. The van der Waals surface area contributed by atoms with Gasteiger partial charge in [-0.3, -0.25) is 9.59 Å². The van der Waals surface area contributed by atoms with E-state index < -0.39 is 0 Å². The molecule has 1 N–H and O–H groups in total. The maximum atomic E-state index is 12.6. The van der Waals surface area contributed by atoms with E-state index in [0.29, 0.717) is 5.82 Å². The van der Waals surface area contributed by atoms with Crippen LogP contribution in [0.5, 0.6) is 0 Å². The summed E-state index contributed by atoms with van der Waals surface area (Å²) in [5.74, 6) is 0.0538. The molecule has 1 unspecified atom stereocenters. The molecule has 0 saturated carbocycles. The molecule has 2 aromatic rings. The van der Waals surface area contributed by atoms with Crippen LogP contribution in [-0.2, 0) is 22.6 Å². The van der Waals surface area contributed by atoms with Crippen LogP contribution < -0.4 is 10.2 Å². The van der Waals surface area contributed by atoms with Crippen LogP contribution >= 0.6 is 0 Å². The van der Waals surface area contributed by atoms with Crippen molar-refractivity contribution in [1.82, 2.24) is 15.0 Å². The van der Waals surface area contributed by atoms with Crippen molar-refractivity contribution < 1.29 is 9.59 Å². The molecule has 3 rings (SSSR count). The Hall–Kier alpha value is -2.70. The van der Waals surface area contributed by atoms with Crippen molar-refractivity contribution in [2.24, 2.45) is 0 Å². The zero-order valence-corrected chi connectivity index (χ0v) is 12.5. The zero-order chi connectivity index (χ0) is 15.7. The van der Waals surface area contributed by atoms with E-state index >= 15 is 0 Å². The second-order valence-electron chi connectivity index (χ2n) is 5.39. The van der Waals surface area contributed by atoms with E-state index in [2.05, 4.69) is 15.5 Å². The van der Waals surface area contributed by atoms with Gasteiger partial charge >= 0.3 is 0 Å². The number of para-hydroxylation sites is 1. The molecular weight excluding hydrogens is 282 g/mol. The number of fused-ring (bicyclic) bond motifs is 1. The first kappa shape index (κ1) is 14.2. The first-order valence-corrected chi connectivity index (χ1v) is 7.12. The highest BCUT2D eigenvalue weighted by molar-refractivity contribution is 5.96. The summed E-state index contributed by atoms with van der Waals surface area (Å²) in [5.41, 5.74) is 2.13. The molecule has 1 aliphatic rings. The maximum absolute atomic E-state index is 12.6. The fraction of sp³-hybridized carbons (Fsp3) is 0.333. The number of nitrogens with one attached hydrogen (secondary N) is 1. The summed E-state index contributed by atoms with van der Waals surface area (Å²) in [4.78, 5) is 26.6. The monoisotopic (exact) mass is 299 g/mol. The molecule has 2 heterocycles. The van der Waals surface area contributed by atoms with E-state index in [1.807, 2.05) is 31.2 Å². The molecule has 0 radical (unpaired) electrons. The first-order chi connectivity index (χ1) is 10.5. The van der Waals surface area contributed by atoms with Gasteiger partial charge in [0.25, 0.3) is 5.91 Å². The minimum atomic E-state index is -0.222. The minimum absolute atomic E-state index is 0.0399. The Morgan fingerprint density at radius 1 is 1.36 bits per heavy atom. The van der Waals surface area contributed by atoms with Crippen molar-refractivity contribution in [1.29, 1.82) is 0 Å². The molecule has 7 nitrogen and oxygen atoms in total. The van der Waals surface area contributed by atoms with Crippen LogP contribution in [-0.4, -0.2) is 32.9 Å². The molecule has 114 valence electrons. The van der Waals surface area contributed by atoms with E-state index in [1.165, 1.54) is 23.5 Å². The number of rotatable bonds is 3. The van der Waals surface area contributed by atoms with Gasteiger partial charge in [0.15, 0.2) is 5.82 Å². The number of hydrogen-bond donors (Lipinski definition) is 1. The van der Waals surface area contributed by atoms with Gasteiger partial charge in [0.2, 0.25) is 5.91 Å². The van der Waals surface area contributed by atoms with Crippen molar-refractivity contribution in [2.75, 3.05) is 10.2 Å². The van der Waals surface area contributed by atoms with Gasteiger partial charge in [0.1, 0.15) is 6.54 Å². The number of nitrogens with zero attached hydrogens (tertiary/aromatic N) is 4. The van der Waals surface area contributed by atoms with Gasteiger partial charge in [-0.2, -0.15) is 9.90 Å². The van der Waals surface area contributed by atoms with Gasteiger partial charge in [-0.1, -0.05) is 18.2 Å². The van der Waals surface area contributed by atoms with E-state index in [9.17, 15) is 9.59 Å². The Kier molecular flexibility index (Phi) is 3.62. The summed E-state index contributed by atoms with van der Waals surface area (Å²) in [6.07, 6.45) is 2.28. The largest absolute Gasteiger partial charge is 0.308 e. The fourth-order valence-electron chi connectivity index (χ4n) is 2.75. The lowest BCUT2D eigenvalue weighted by atomic mass is 10.1. The number of carbonyl (C=O) groups excluding carboxylic acids is 2. The number of benzene rings is 1. The maximum Gasteiger partial charge on any atom is 0.250 e. The second kappa shape index (κ2) is 5.59. The average molecular weight is 299 g/mol. The van der Waals surface area contributed by atoms with Gasteiger partial charge in [-0.25, -0.2) is 0 Å². The average Bonchev–Trinajstić information content (AvgIpc) is 3.01. The molecule has 0 fully saturated rings. The van der Waals surface area contributed by atoms with Crippen LogP contribution in [0.1, 0.15) is 19.4 Å². The summed E-state index contributed by atoms with van der Waals surface area (Å²) in [5, 5.41) is 10.6. The van der Waals surface area contributed by atoms with Gasteiger partial charge in [0.05, 0.1) is 6.20 Å². The Bertz CT molecular complexity index is 724. The molecule has 1 aromatic heterocycles. The molecular formula is C15H17N5O2. The molecule has 1 atom stereocenters. The molecule has 2 amide bonds. The van der Waals surface area contributed by atoms with Crippen molar-refractivity contribution in [3.8, 4) is 0 Å². The molecule has 0 bridgehead atoms. The third kappa shape index (κ3) is 2.69. The van der Waals surface area contributed by atoms with Crippen molar-refractivity contribution in [3.63, 3.8) is 0 Å². The van der Waals surface area contributed by atoms with E-state index in [0.717, 1.165) is 12.1 Å². The molecule has 7 heteroatoms. The summed E-state index contributed by atoms with van der Waals surface area (Å²) in [6, 6.07) is 8.03. The number of hydrogen-bond acceptors (Lipinski definition) is 4. The zero-order valence-electron chi connectivity index (χ0n) is 12.5. The predicted molar refractivity (Wildman–Crippen MR) is 81.4 cm³/mol. The standard InChI is InChI=1S/C15H17N5O2/c1-10-7-12-5-3-4-6-13(12)20(10)15(22)9-19-16-8-14(18-19)17-11(2)21/h3-6,8,10H,7,9H2,1-2H3,(H,17,18,21). The molecule has 22 heavy (non-hydrogen) atoms. The number of carbonyl (C=O) groups is 2. The Balaban J connectivity index is 1.75. The number of amides is 2. The van der Waals surface area contributed by atoms with Crippen LogP contribution in [0.3, 0.4) is 0 Å². The van der Waals surface area contributed by atoms with Crippen LogP contribution in [0.15, 0.2) is 30.5 Å². The minimum Gasteiger partial charge on any atom is -0.308 e. The lowest BCUT2D eigenvalue weighted by molar-refractivity contribution is -0.119. The van der Waals surface area contributed by atoms with Crippen molar-refractivity contribution in [2.45, 2.75) is 32.9 Å². The molecule has 0 spiro atoms. The third-order valence-corrected chi connectivity index (χ3v) is 3.59. The highest BCUT2D eigenvalue weighted by Gasteiger charge is 2.30. The van der Waals surface area contributed by atoms with Gasteiger partial charge in [-0.15, -0.1) is 5.10 Å². The van der Waals surface area contributed by atoms with Gasteiger partial charge < -0.3 is 10.2 Å². The fourth-order valence-corrected chi connectivity index (χ4v) is 2.75. The lowest BCUT2D eigenvalue weighted by Gasteiger charge is -2.22. The molecule has 1 aromatic carbocycles. The third-order valence-electron chi connectivity index (χ3n) is 3.59. The Morgan fingerprint density at radius 2 is 2.14 bits per heavy atom. The second-order valence-corrected chi connectivity index (χ2v) is 5.39. The SMILES string of the molecule is CC(=O)Nc1cnn(CC(=O)N2c3ccccc3CC2C)n1.